The summed E-state index contributed by atoms with van der Waals surface area (Å²) in [4.78, 5) is 14.4. The number of hydrogen-bond acceptors (Lipinski definition) is 5. The van der Waals surface area contributed by atoms with Crippen molar-refractivity contribution >= 4 is 17.2 Å². The van der Waals surface area contributed by atoms with Crippen LogP contribution >= 0.6 is 11.3 Å². The van der Waals surface area contributed by atoms with Gasteiger partial charge in [-0.15, -0.1) is 10.2 Å². The molecule has 0 aliphatic carbocycles. The van der Waals surface area contributed by atoms with Gasteiger partial charge in [0.2, 0.25) is 17.7 Å². The third kappa shape index (κ3) is 3.67. The van der Waals surface area contributed by atoms with Crippen molar-refractivity contribution < 1.29 is 13.6 Å². The van der Waals surface area contributed by atoms with Gasteiger partial charge in [-0.05, 0) is 42.0 Å². The van der Waals surface area contributed by atoms with E-state index in [1.54, 1.807) is 23.5 Å². The number of carbonyl (C=O) groups excluding carboxylic acids is 1. The molecule has 7 heteroatoms. The van der Waals surface area contributed by atoms with Gasteiger partial charge in [-0.25, -0.2) is 4.39 Å². The second kappa shape index (κ2) is 7.37. The number of thiophene rings is 1. The largest absolute Gasteiger partial charge is 0.420 e. The quantitative estimate of drug-likeness (QED) is 0.698. The summed E-state index contributed by atoms with van der Waals surface area (Å²) in [5.41, 5.74) is 1.74. The fraction of sp³-hybridized carbons (Fsp3) is 0.316. The number of likely N-dealkylation sites (tertiary alicyclic amines) is 1. The molecule has 0 radical (unpaired) electrons. The SMILES string of the molecule is O=C(Cc1ccc(F)cc1)N1CCCC(c2nnc(-c3ccsc3)o2)C1. The van der Waals surface area contributed by atoms with Crippen LogP contribution in [0.3, 0.4) is 0 Å². The monoisotopic (exact) mass is 371 g/mol. The van der Waals surface area contributed by atoms with Crippen LogP contribution in [-0.4, -0.2) is 34.1 Å². The molecule has 1 amide bonds. The third-order valence-corrected chi connectivity index (χ3v) is 5.28. The number of piperidine rings is 1. The van der Waals surface area contributed by atoms with E-state index in [9.17, 15) is 9.18 Å². The van der Waals surface area contributed by atoms with E-state index in [-0.39, 0.29) is 24.1 Å². The summed E-state index contributed by atoms with van der Waals surface area (Å²) in [6, 6.07) is 8.01. The molecule has 3 aromatic rings. The van der Waals surface area contributed by atoms with E-state index >= 15 is 0 Å². The number of rotatable bonds is 4. The van der Waals surface area contributed by atoms with Gasteiger partial charge in [0.25, 0.3) is 0 Å². The standard InChI is InChI=1S/C19H18FN3O2S/c20-16-5-3-13(4-6-16)10-17(24)23-8-1-2-14(11-23)18-21-22-19(25-18)15-7-9-26-12-15/h3-7,9,12,14H,1-2,8,10-11H2. The molecule has 1 aliphatic rings. The van der Waals surface area contributed by atoms with Crippen LogP contribution in [0.25, 0.3) is 11.5 Å². The van der Waals surface area contributed by atoms with E-state index in [1.165, 1.54) is 12.1 Å². The van der Waals surface area contributed by atoms with Crippen molar-refractivity contribution in [3.8, 4) is 11.5 Å². The van der Waals surface area contributed by atoms with Crippen LogP contribution in [-0.2, 0) is 11.2 Å². The highest BCUT2D eigenvalue weighted by Gasteiger charge is 2.28. The van der Waals surface area contributed by atoms with Crippen molar-refractivity contribution in [2.45, 2.75) is 25.2 Å². The Morgan fingerprint density at radius 3 is 2.88 bits per heavy atom. The van der Waals surface area contributed by atoms with Gasteiger partial charge in [0, 0.05) is 24.0 Å². The summed E-state index contributed by atoms with van der Waals surface area (Å²) in [5.74, 6) is 0.915. The fourth-order valence-corrected chi connectivity index (χ4v) is 3.83. The van der Waals surface area contributed by atoms with E-state index in [0.29, 0.717) is 18.3 Å². The Kier molecular flexibility index (Phi) is 4.79. The Balaban J connectivity index is 1.42. The Labute approximate surface area is 154 Å². The molecule has 1 unspecified atom stereocenters. The van der Waals surface area contributed by atoms with Crippen LogP contribution in [0, 0.1) is 5.82 Å². The van der Waals surface area contributed by atoms with Crippen LogP contribution in [0.4, 0.5) is 4.39 Å². The number of aromatic nitrogens is 2. The third-order valence-electron chi connectivity index (χ3n) is 4.60. The molecule has 0 spiro atoms. The molecule has 26 heavy (non-hydrogen) atoms. The van der Waals surface area contributed by atoms with Gasteiger partial charge >= 0.3 is 0 Å². The zero-order valence-electron chi connectivity index (χ0n) is 14.1. The average Bonchev–Trinajstić information content (AvgIpc) is 3.35. The zero-order valence-corrected chi connectivity index (χ0v) is 14.9. The fourth-order valence-electron chi connectivity index (χ4n) is 3.20. The maximum absolute atomic E-state index is 13.0. The minimum Gasteiger partial charge on any atom is -0.420 e. The van der Waals surface area contributed by atoms with Gasteiger partial charge in [-0.3, -0.25) is 4.79 Å². The van der Waals surface area contributed by atoms with Gasteiger partial charge in [0.05, 0.1) is 12.3 Å². The molecule has 1 fully saturated rings. The first-order chi connectivity index (χ1) is 12.7. The molecule has 0 bridgehead atoms. The lowest BCUT2D eigenvalue weighted by atomic mass is 9.97. The molecule has 1 atom stereocenters. The molecule has 134 valence electrons. The predicted octanol–water partition coefficient (Wildman–Crippen LogP) is 3.89. The van der Waals surface area contributed by atoms with E-state index in [1.807, 2.05) is 21.7 Å². The summed E-state index contributed by atoms with van der Waals surface area (Å²) >= 11 is 1.58. The molecule has 0 saturated carbocycles. The Bertz CT molecular complexity index is 877. The molecule has 2 aromatic heterocycles. The van der Waals surface area contributed by atoms with Gasteiger partial charge < -0.3 is 9.32 Å². The van der Waals surface area contributed by atoms with E-state index in [2.05, 4.69) is 10.2 Å². The van der Waals surface area contributed by atoms with Crippen LogP contribution in [0.5, 0.6) is 0 Å². The number of amides is 1. The molecule has 4 rings (SSSR count). The van der Waals surface area contributed by atoms with Crippen molar-refractivity contribution in [1.29, 1.82) is 0 Å². The second-order valence-electron chi connectivity index (χ2n) is 6.44. The van der Waals surface area contributed by atoms with E-state index < -0.39 is 0 Å². The van der Waals surface area contributed by atoms with Gasteiger partial charge in [-0.1, -0.05) is 12.1 Å². The van der Waals surface area contributed by atoms with Crippen molar-refractivity contribution in [2.75, 3.05) is 13.1 Å². The van der Waals surface area contributed by atoms with Crippen molar-refractivity contribution in [3.05, 3.63) is 58.4 Å². The van der Waals surface area contributed by atoms with Crippen LogP contribution in [0.15, 0.2) is 45.5 Å². The van der Waals surface area contributed by atoms with Crippen molar-refractivity contribution in [3.63, 3.8) is 0 Å². The Hall–Kier alpha value is -2.54. The minimum atomic E-state index is -0.294. The Morgan fingerprint density at radius 2 is 2.12 bits per heavy atom. The molecule has 5 nitrogen and oxygen atoms in total. The van der Waals surface area contributed by atoms with Crippen LogP contribution in [0.1, 0.15) is 30.2 Å². The summed E-state index contributed by atoms with van der Waals surface area (Å²) in [6.45, 7) is 1.30. The van der Waals surface area contributed by atoms with Gasteiger partial charge in [0.1, 0.15) is 5.82 Å². The first-order valence-electron chi connectivity index (χ1n) is 8.57. The molecule has 1 aliphatic heterocycles. The number of benzene rings is 1. The molecule has 0 N–H and O–H groups in total. The molecular formula is C19H18FN3O2S. The summed E-state index contributed by atoms with van der Waals surface area (Å²) in [7, 11) is 0. The highest BCUT2D eigenvalue weighted by molar-refractivity contribution is 7.08. The normalized spacial score (nSPS) is 17.4. The highest BCUT2D eigenvalue weighted by Crippen LogP contribution is 2.29. The molecule has 3 heterocycles. The van der Waals surface area contributed by atoms with E-state index in [0.717, 1.165) is 30.5 Å². The lowest BCUT2D eigenvalue weighted by Crippen LogP contribution is -2.40. The predicted molar refractivity (Wildman–Crippen MR) is 96.3 cm³/mol. The minimum absolute atomic E-state index is 0.0406. The van der Waals surface area contributed by atoms with Gasteiger partial charge in [-0.2, -0.15) is 11.3 Å². The lowest BCUT2D eigenvalue weighted by molar-refractivity contribution is -0.131. The summed E-state index contributed by atoms with van der Waals surface area (Å²) in [6.07, 6.45) is 2.10. The maximum Gasteiger partial charge on any atom is 0.248 e. The topological polar surface area (TPSA) is 59.2 Å². The Morgan fingerprint density at radius 1 is 1.27 bits per heavy atom. The van der Waals surface area contributed by atoms with Gasteiger partial charge in [0.15, 0.2) is 0 Å². The number of halogens is 1. The summed E-state index contributed by atoms with van der Waals surface area (Å²) in [5, 5.41) is 12.3. The number of nitrogens with zero attached hydrogens (tertiary/aromatic N) is 3. The highest BCUT2D eigenvalue weighted by atomic mass is 32.1. The molecular weight excluding hydrogens is 353 g/mol. The van der Waals surface area contributed by atoms with Crippen LogP contribution in [0.2, 0.25) is 0 Å². The molecule has 1 aromatic carbocycles. The molecule has 1 saturated heterocycles. The van der Waals surface area contributed by atoms with E-state index in [4.69, 9.17) is 4.42 Å². The van der Waals surface area contributed by atoms with Crippen LogP contribution < -0.4 is 0 Å². The number of hydrogen-bond donors (Lipinski definition) is 0. The second-order valence-corrected chi connectivity index (χ2v) is 7.22. The zero-order chi connectivity index (χ0) is 17.9. The summed E-state index contributed by atoms with van der Waals surface area (Å²) < 4.78 is 18.8. The lowest BCUT2D eigenvalue weighted by Gasteiger charge is -2.31. The maximum atomic E-state index is 13.0. The first-order valence-corrected chi connectivity index (χ1v) is 9.51. The van der Waals surface area contributed by atoms with Crippen molar-refractivity contribution in [2.24, 2.45) is 0 Å². The smallest absolute Gasteiger partial charge is 0.248 e. The number of carbonyl (C=O) groups is 1. The average molecular weight is 371 g/mol. The van der Waals surface area contributed by atoms with Crippen molar-refractivity contribution in [1.82, 2.24) is 15.1 Å². The first kappa shape index (κ1) is 16.9.